The van der Waals surface area contributed by atoms with Gasteiger partial charge in [0.1, 0.15) is 6.04 Å². The molecule has 2 heterocycles. The van der Waals surface area contributed by atoms with E-state index >= 15 is 0 Å². The van der Waals surface area contributed by atoms with Gasteiger partial charge in [0, 0.05) is 41.0 Å². The highest BCUT2D eigenvalue weighted by molar-refractivity contribution is 6.28. The van der Waals surface area contributed by atoms with Crippen LogP contribution < -0.4 is 20.9 Å². The summed E-state index contributed by atoms with van der Waals surface area (Å²) in [5.41, 5.74) is 3.34. The molecule has 214 valence electrons. The fourth-order valence-corrected chi connectivity index (χ4v) is 8.19. The number of nitrogens with zero attached hydrogens (tertiary/aromatic N) is 1. The number of anilines is 2. The molecule has 2 aromatic rings. The van der Waals surface area contributed by atoms with Crippen LogP contribution in [-0.2, 0) is 9.59 Å². The second-order valence-electron chi connectivity index (χ2n) is 13.3. The van der Waals surface area contributed by atoms with E-state index in [9.17, 15) is 14.4 Å². The van der Waals surface area contributed by atoms with Gasteiger partial charge in [-0.2, -0.15) is 0 Å². The molecule has 1 saturated heterocycles. The summed E-state index contributed by atoms with van der Waals surface area (Å²) in [5, 5.41) is 11.8. The SMILES string of the molecule is CC1(C)[C@@H]2CC[C@@]1(C)[C@@H](NCCCCCCCNc1ccc3c4c(cccc14)C(=O)N3C1CCC(=O)NC1=O)C2. The van der Waals surface area contributed by atoms with Gasteiger partial charge in [-0.25, -0.2) is 0 Å². The summed E-state index contributed by atoms with van der Waals surface area (Å²) in [5.74, 6) is 0.0545. The molecule has 4 aliphatic rings. The van der Waals surface area contributed by atoms with Crippen molar-refractivity contribution in [2.75, 3.05) is 23.3 Å². The number of nitrogens with one attached hydrogen (secondary N) is 3. The van der Waals surface area contributed by atoms with Crippen LogP contribution in [0.5, 0.6) is 0 Å². The van der Waals surface area contributed by atoms with Gasteiger partial charge in [-0.1, -0.05) is 52.2 Å². The van der Waals surface area contributed by atoms with E-state index in [2.05, 4.69) is 36.7 Å². The van der Waals surface area contributed by atoms with Crippen molar-refractivity contribution in [1.29, 1.82) is 0 Å². The summed E-state index contributed by atoms with van der Waals surface area (Å²) in [7, 11) is 0. The second kappa shape index (κ2) is 10.5. The van der Waals surface area contributed by atoms with E-state index < -0.39 is 11.9 Å². The first-order valence-electron chi connectivity index (χ1n) is 15.4. The van der Waals surface area contributed by atoms with E-state index in [-0.39, 0.29) is 18.2 Å². The molecule has 7 nitrogen and oxygen atoms in total. The van der Waals surface area contributed by atoms with Gasteiger partial charge in [0.15, 0.2) is 0 Å². The third-order valence-corrected chi connectivity index (χ3v) is 11.1. The van der Waals surface area contributed by atoms with Crippen molar-refractivity contribution in [1.82, 2.24) is 10.6 Å². The molecular weight excluding hydrogens is 500 g/mol. The standard InChI is InChI=1S/C33H44N4O3/c1-32(2)21-16-17-33(32,3)27(20-21)35-19-8-6-4-5-7-18-34-24-12-13-25-29-22(24)10-9-11-23(29)31(40)37(25)26-14-15-28(38)36-30(26)39/h9-13,21,26-27,34-35H,4-8,14-20H2,1-3H3,(H,36,38,39)/t21-,26?,27+,33+/m1/s1. The summed E-state index contributed by atoms with van der Waals surface area (Å²) >= 11 is 0. The molecular formula is C33H44N4O3. The molecule has 40 heavy (non-hydrogen) atoms. The van der Waals surface area contributed by atoms with Gasteiger partial charge in [-0.3, -0.25) is 24.6 Å². The number of piperidine rings is 1. The molecule has 3 amide bonds. The maximum absolute atomic E-state index is 13.3. The number of carbonyl (C=O) groups is 3. The summed E-state index contributed by atoms with van der Waals surface area (Å²) in [6, 6.07) is 9.76. The molecule has 2 aliphatic carbocycles. The minimum absolute atomic E-state index is 0.167. The number of benzene rings is 2. The normalized spacial score (nSPS) is 28.5. The zero-order chi connectivity index (χ0) is 28.1. The summed E-state index contributed by atoms with van der Waals surface area (Å²) in [6.07, 6.45) is 10.8. The topological polar surface area (TPSA) is 90.5 Å². The van der Waals surface area contributed by atoms with Crippen LogP contribution in [0.1, 0.15) is 95.3 Å². The van der Waals surface area contributed by atoms with Crippen LogP contribution in [0.2, 0.25) is 0 Å². The lowest BCUT2D eigenvalue weighted by atomic mass is 9.69. The van der Waals surface area contributed by atoms with E-state index in [0.717, 1.165) is 47.6 Å². The highest BCUT2D eigenvalue weighted by Gasteiger charge is 2.60. The molecule has 2 saturated carbocycles. The Hall–Kier alpha value is -2.93. The van der Waals surface area contributed by atoms with Crippen LogP contribution in [0.25, 0.3) is 10.8 Å². The van der Waals surface area contributed by atoms with Crippen molar-refractivity contribution in [3.8, 4) is 0 Å². The Morgan fingerprint density at radius 2 is 1.73 bits per heavy atom. The maximum Gasteiger partial charge on any atom is 0.259 e. The molecule has 3 fully saturated rings. The van der Waals surface area contributed by atoms with Gasteiger partial charge < -0.3 is 10.6 Å². The quantitative estimate of drug-likeness (QED) is 0.247. The van der Waals surface area contributed by atoms with Crippen LogP contribution in [0.15, 0.2) is 30.3 Å². The first-order chi connectivity index (χ1) is 19.2. The third kappa shape index (κ3) is 4.41. The van der Waals surface area contributed by atoms with Crippen molar-refractivity contribution >= 4 is 39.9 Å². The van der Waals surface area contributed by atoms with Crippen molar-refractivity contribution in [3.63, 3.8) is 0 Å². The highest BCUT2D eigenvalue weighted by atomic mass is 16.2. The van der Waals surface area contributed by atoms with E-state index in [0.29, 0.717) is 28.9 Å². The van der Waals surface area contributed by atoms with Crippen LogP contribution in [0, 0.1) is 16.7 Å². The Kier molecular flexibility index (Phi) is 7.14. The van der Waals surface area contributed by atoms with Crippen molar-refractivity contribution in [2.45, 2.75) is 97.1 Å². The van der Waals surface area contributed by atoms with Gasteiger partial charge in [0.25, 0.3) is 5.91 Å². The van der Waals surface area contributed by atoms with Crippen molar-refractivity contribution < 1.29 is 14.4 Å². The number of amides is 3. The lowest BCUT2D eigenvalue weighted by molar-refractivity contribution is -0.134. The van der Waals surface area contributed by atoms with Gasteiger partial charge in [-0.15, -0.1) is 0 Å². The van der Waals surface area contributed by atoms with Crippen LogP contribution in [-0.4, -0.2) is 42.9 Å². The molecule has 6 rings (SSSR count). The molecule has 2 aliphatic heterocycles. The Balaban J connectivity index is 0.970. The summed E-state index contributed by atoms with van der Waals surface area (Å²) < 4.78 is 0. The lowest BCUT2D eigenvalue weighted by Gasteiger charge is -2.39. The third-order valence-electron chi connectivity index (χ3n) is 11.1. The molecule has 3 N–H and O–H groups in total. The predicted octanol–water partition coefficient (Wildman–Crippen LogP) is 5.77. The number of hydrogen-bond donors (Lipinski definition) is 3. The Labute approximate surface area is 237 Å². The number of unbranched alkanes of at least 4 members (excludes halogenated alkanes) is 4. The first-order valence-corrected chi connectivity index (χ1v) is 15.4. The number of carbonyl (C=O) groups excluding carboxylic acids is 3. The fourth-order valence-electron chi connectivity index (χ4n) is 8.19. The summed E-state index contributed by atoms with van der Waals surface area (Å²) in [6.45, 7) is 9.51. The predicted molar refractivity (Wildman–Crippen MR) is 160 cm³/mol. The zero-order valence-corrected chi connectivity index (χ0v) is 24.3. The maximum atomic E-state index is 13.3. The van der Waals surface area contributed by atoms with Gasteiger partial charge in [0.2, 0.25) is 11.8 Å². The number of hydrogen-bond acceptors (Lipinski definition) is 5. The summed E-state index contributed by atoms with van der Waals surface area (Å²) in [4.78, 5) is 39.1. The Morgan fingerprint density at radius 3 is 2.45 bits per heavy atom. The molecule has 2 aromatic carbocycles. The molecule has 0 aromatic heterocycles. The van der Waals surface area contributed by atoms with E-state index in [1.807, 2.05) is 30.3 Å². The van der Waals surface area contributed by atoms with E-state index in [1.54, 1.807) is 4.90 Å². The minimum atomic E-state index is -0.655. The smallest absolute Gasteiger partial charge is 0.259 e. The molecule has 0 radical (unpaired) electrons. The Bertz CT molecular complexity index is 1340. The lowest BCUT2D eigenvalue weighted by Crippen LogP contribution is -2.53. The monoisotopic (exact) mass is 544 g/mol. The Morgan fingerprint density at radius 1 is 0.950 bits per heavy atom. The second-order valence-corrected chi connectivity index (χ2v) is 13.3. The van der Waals surface area contributed by atoms with Crippen LogP contribution in [0.3, 0.4) is 0 Å². The average molecular weight is 545 g/mol. The molecule has 2 bridgehead atoms. The van der Waals surface area contributed by atoms with E-state index in [4.69, 9.17) is 0 Å². The first kappa shape index (κ1) is 27.3. The number of fused-ring (bicyclic) bond motifs is 2. The fraction of sp³-hybridized carbons (Fsp3) is 0.606. The zero-order valence-electron chi connectivity index (χ0n) is 24.3. The highest BCUT2D eigenvalue weighted by Crippen LogP contribution is 2.65. The van der Waals surface area contributed by atoms with E-state index in [1.165, 1.54) is 44.9 Å². The van der Waals surface area contributed by atoms with Crippen LogP contribution >= 0.6 is 0 Å². The van der Waals surface area contributed by atoms with Gasteiger partial charge in [0.05, 0.1) is 5.69 Å². The molecule has 0 spiro atoms. The van der Waals surface area contributed by atoms with Crippen molar-refractivity contribution in [2.24, 2.45) is 16.7 Å². The van der Waals surface area contributed by atoms with Crippen molar-refractivity contribution in [3.05, 3.63) is 35.9 Å². The molecule has 4 atom stereocenters. The largest absolute Gasteiger partial charge is 0.385 e. The average Bonchev–Trinajstić information content (AvgIpc) is 3.41. The molecule has 7 heteroatoms. The molecule has 1 unspecified atom stereocenters. The van der Waals surface area contributed by atoms with Gasteiger partial charge >= 0.3 is 0 Å². The van der Waals surface area contributed by atoms with Crippen LogP contribution in [0.4, 0.5) is 11.4 Å². The van der Waals surface area contributed by atoms with Gasteiger partial charge in [-0.05, 0) is 80.0 Å². The number of rotatable bonds is 11. The minimum Gasteiger partial charge on any atom is -0.385 e. The number of imide groups is 1.